The van der Waals surface area contributed by atoms with E-state index in [0.717, 1.165) is 5.56 Å². The summed E-state index contributed by atoms with van der Waals surface area (Å²) in [5.74, 6) is -0.482. The summed E-state index contributed by atoms with van der Waals surface area (Å²) in [4.78, 5) is 0.710. The minimum Gasteiger partial charge on any atom is -0.414 e. The van der Waals surface area contributed by atoms with Gasteiger partial charge in [0.2, 0.25) is 0 Å². The summed E-state index contributed by atoms with van der Waals surface area (Å²) in [7, 11) is 0. The molecule has 6 heteroatoms. The van der Waals surface area contributed by atoms with E-state index in [9.17, 15) is 8.78 Å². The number of nitrogens with zero attached hydrogens (tertiary/aromatic N) is 2. The van der Waals surface area contributed by atoms with Crippen molar-refractivity contribution in [3.63, 3.8) is 0 Å². The summed E-state index contributed by atoms with van der Waals surface area (Å²) in [6, 6.07) is 1.81. The second kappa shape index (κ2) is 3.45. The van der Waals surface area contributed by atoms with E-state index >= 15 is 0 Å². The van der Waals surface area contributed by atoms with Crippen LogP contribution >= 0.6 is 11.3 Å². The molecule has 2 heterocycles. The van der Waals surface area contributed by atoms with Gasteiger partial charge in [0.15, 0.2) is 0 Å². The molecular weight excluding hydrogens is 210 g/mol. The summed E-state index contributed by atoms with van der Waals surface area (Å²) in [5, 5.41) is 8.67. The van der Waals surface area contributed by atoms with E-state index in [1.165, 1.54) is 11.3 Å². The average Bonchev–Trinajstić information content (AvgIpc) is 2.70. The van der Waals surface area contributed by atoms with Gasteiger partial charge in [-0.2, -0.15) is 8.78 Å². The normalized spacial score (nSPS) is 11.1. The zero-order valence-electron chi connectivity index (χ0n) is 7.20. The molecule has 0 saturated carbocycles. The monoisotopic (exact) mass is 216 g/mol. The molecule has 0 fully saturated rings. The van der Waals surface area contributed by atoms with Gasteiger partial charge in [0.1, 0.15) is 0 Å². The number of rotatable bonds is 2. The predicted molar refractivity (Wildman–Crippen MR) is 47.3 cm³/mol. The molecule has 0 aliphatic heterocycles. The van der Waals surface area contributed by atoms with E-state index in [0.29, 0.717) is 4.88 Å². The number of alkyl halides is 2. The Labute approximate surface area is 82.4 Å². The maximum Gasteiger partial charge on any atom is 0.314 e. The average molecular weight is 216 g/mol. The number of hydrogen-bond acceptors (Lipinski definition) is 4. The van der Waals surface area contributed by atoms with E-state index in [2.05, 4.69) is 10.2 Å². The maximum atomic E-state index is 12.1. The largest absolute Gasteiger partial charge is 0.414 e. The second-order valence-corrected chi connectivity index (χ2v) is 3.65. The van der Waals surface area contributed by atoms with Crippen molar-refractivity contribution in [2.75, 3.05) is 0 Å². The highest BCUT2D eigenvalue weighted by Crippen LogP contribution is 2.27. The lowest BCUT2D eigenvalue weighted by Crippen LogP contribution is -1.81. The molecule has 2 aromatic rings. The third-order valence-electron chi connectivity index (χ3n) is 1.57. The van der Waals surface area contributed by atoms with Gasteiger partial charge in [0.25, 0.3) is 11.8 Å². The quantitative estimate of drug-likeness (QED) is 0.774. The summed E-state index contributed by atoms with van der Waals surface area (Å²) in [6.45, 7) is 1.91. The third-order valence-corrected chi connectivity index (χ3v) is 2.60. The molecule has 0 aliphatic rings. The van der Waals surface area contributed by atoms with Crippen LogP contribution in [0.1, 0.15) is 17.9 Å². The molecule has 0 spiro atoms. The topological polar surface area (TPSA) is 38.9 Å². The predicted octanol–water partition coefficient (Wildman–Crippen LogP) is 3.04. The molecule has 2 rings (SSSR count). The van der Waals surface area contributed by atoms with Gasteiger partial charge in [0, 0.05) is 0 Å². The minimum absolute atomic E-state index is 0.151. The Balaban J connectivity index is 2.33. The second-order valence-electron chi connectivity index (χ2n) is 2.73. The lowest BCUT2D eigenvalue weighted by molar-refractivity contribution is 0.116. The standard InChI is InChI=1S/C8H6F2N2OS/c1-4-2-5(14-3-4)7-11-12-8(13-7)6(9)10/h2-3,6H,1H3. The van der Waals surface area contributed by atoms with Crippen molar-refractivity contribution in [1.29, 1.82) is 0 Å². The van der Waals surface area contributed by atoms with Gasteiger partial charge < -0.3 is 4.42 Å². The summed E-state index contributed by atoms with van der Waals surface area (Å²) in [5.41, 5.74) is 1.04. The Morgan fingerprint density at radius 1 is 1.43 bits per heavy atom. The maximum absolute atomic E-state index is 12.1. The van der Waals surface area contributed by atoms with Gasteiger partial charge in [-0.1, -0.05) is 0 Å². The lowest BCUT2D eigenvalue weighted by Gasteiger charge is -1.87. The van der Waals surface area contributed by atoms with E-state index in [4.69, 9.17) is 4.42 Å². The molecule has 0 unspecified atom stereocenters. The van der Waals surface area contributed by atoms with Crippen molar-refractivity contribution in [2.45, 2.75) is 13.3 Å². The van der Waals surface area contributed by atoms with Crippen LogP contribution in [-0.2, 0) is 0 Å². The highest BCUT2D eigenvalue weighted by molar-refractivity contribution is 7.13. The fourth-order valence-electron chi connectivity index (χ4n) is 0.966. The molecule has 0 bridgehead atoms. The van der Waals surface area contributed by atoms with Gasteiger partial charge in [0.05, 0.1) is 4.88 Å². The highest BCUT2D eigenvalue weighted by Gasteiger charge is 2.17. The van der Waals surface area contributed by atoms with Gasteiger partial charge in [-0.05, 0) is 23.9 Å². The van der Waals surface area contributed by atoms with Crippen LogP contribution in [0.3, 0.4) is 0 Å². The van der Waals surface area contributed by atoms with Crippen molar-refractivity contribution in [3.05, 3.63) is 22.9 Å². The summed E-state index contributed by atoms with van der Waals surface area (Å²) < 4.78 is 29.0. The van der Waals surface area contributed by atoms with Crippen molar-refractivity contribution >= 4 is 11.3 Å². The number of thiophene rings is 1. The molecule has 0 N–H and O–H groups in total. The Morgan fingerprint density at radius 2 is 2.21 bits per heavy atom. The van der Waals surface area contributed by atoms with E-state index in [-0.39, 0.29) is 5.89 Å². The van der Waals surface area contributed by atoms with Crippen LogP contribution in [0, 0.1) is 6.92 Å². The van der Waals surface area contributed by atoms with Crippen molar-refractivity contribution in [1.82, 2.24) is 10.2 Å². The highest BCUT2D eigenvalue weighted by atomic mass is 32.1. The molecule has 74 valence electrons. The van der Waals surface area contributed by atoms with Crippen LogP contribution < -0.4 is 0 Å². The molecule has 0 aliphatic carbocycles. The fraction of sp³-hybridized carbons (Fsp3) is 0.250. The van der Waals surface area contributed by atoms with E-state index in [1.54, 1.807) is 0 Å². The fourth-order valence-corrected chi connectivity index (χ4v) is 1.78. The first kappa shape index (κ1) is 9.26. The first-order valence-electron chi connectivity index (χ1n) is 3.84. The zero-order chi connectivity index (χ0) is 10.1. The first-order valence-corrected chi connectivity index (χ1v) is 4.72. The van der Waals surface area contributed by atoms with Crippen molar-refractivity contribution < 1.29 is 13.2 Å². The Hall–Kier alpha value is -1.30. The molecule has 0 amide bonds. The zero-order valence-corrected chi connectivity index (χ0v) is 8.02. The Bertz CT molecular complexity index is 438. The van der Waals surface area contributed by atoms with Crippen LogP contribution in [0.15, 0.2) is 15.9 Å². The molecule has 0 saturated heterocycles. The molecule has 0 aromatic carbocycles. The molecule has 0 atom stereocenters. The van der Waals surface area contributed by atoms with E-state index in [1.807, 2.05) is 18.4 Å². The number of halogens is 2. The summed E-state index contributed by atoms with van der Waals surface area (Å²) in [6.07, 6.45) is -2.71. The summed E-state index contributed by atoms with van der Waals surface area (Å²) >= 11 is 1.39. The third kappa shape index (κ3) is 1.65. The van der Waals surface area contributed by atoms with Crippen molar-refractivity contribution in [3.8, 4) is 10.8 Å². The smallest absolute Gasteiger partial charge is 0.314 e. The van der Waals surface area contributed by atoms with E-state index < -0.39 is 12.3 Å². The minimum atomic E-state index is -2.71. The Morgan fingerprint density at radius 3 is 2.71 bits per heavy atom. The van der Waals surface area contributed by atoms with Gasteiger partial charge in [-0.3, -0.25) is 0 Å². The molecule has 2 aromatic heterocycles. The van der Waals surface area contributed by atoms with Gasteiger partial charge in [-0.15, -0.1) is 21.5 Å². The lowest BCUT2D eigenvalue weighted by atomic mass is 10.3. The Kier molecular flexibility index (Phi) is 2.28. The molecule has 0 radical (unpaired) electrons. The molecule has 3 nitrogen and oxygen atoms in total. The van der Waals surface area contributed by atoms with Crippen LogP contribution in [0.25, 0.3) is 10.8 Å². The molecular formula is C8H6F2N2OS. The van der Waals surface area contributed by atoms with Gasteiger partial charge >= 0.3 is 6.43 Å². The van der Waals surface area contributed by atoms with Crippen LogP contribution in [-0.4, -0.2) is 10.2 Å². The van der Waals surface area contributed by atoms with Crippen LogP contribution in [0.2, 0.25) is 0 Å². The number of hydrogen-bond donors (Lipinski definition) is 0. The van der Waals surface area contributed by atoms with Gasteiger partial charge in [-0.25, -0.2) is 0 Å². The molecule has 14 heavy (non-hydrogen) atoms. The first-order chi connectivity index (χ1) is 6.66. The van der Waals surface area contributed by atoms with Crippen LogP contribution in [0.5, 0.6) is 0 Å². The number of aromatic nitrogens is 2. The SMILES string of the molecule is Cc1csc(-c2nnc(C(F)F)o2)c1. The van der Waals surface area contributed by atoms with Crippen LogP contribution in [0.4, 0.5) is 8.78 Å². The number of aryl methyl sites for hydroxylation is 1. The van der Waals surface area contributed by atoms with Crippen molar-refractivity contribution in [2.24, 2.45) is 0 Å².